The van der Waals surface area contributed by atoms with E-state index >= 15 is 0 Å². The Balaban J connectivity index is 1.56. The lowest BCUT2D eigenvalue weighted by Crippen LogP contribution is -2.74. The summed E-state index contributed by atoms with van der Waals surface area (Å²) in [7, 11) is -5.03. The van der Waals surface area contributed by atoms with E-state index in [1.165, 1.54) is 5.38 Å². The molecule has 2 aliphatic heterocycles. The van der Waals surface area contributed by atoms with Gasteiger partial charge in [-0.05, 0) is 0 Å². The number of nitrogens with two attached hydrogens (primary N) is 2. The van der Waals surface area contributed by atoms with Crippen molar-refractivity contribution >= 4 is 56.4 Å². The van der Waals surface area contributed by atoms with Gasteiger partial charge in [0.25, 0.3) is 11.8 Å². The largest absolute Gasteiger partial charge is 0.478 e. The highest BCUT2D eigenvalue weighted by Crippen LogP contribution is 2.40. The number of anilines is 1. The van der Waals surface area contributed by atoms with Gasteiger partial charge in [-0.2, -0.15) is 8.42 Å². The first-order valence-corrected chi connectivity index (χ1v) is 12.6. The summed E-state index contributed by atoms with van der Waals surface area (Å²) in [5.74, 6) is -3.53. The van der Waals surface area contributed by atoms with Crippen LogP contribution in [0.5, 0.6) is 0 Å². The third-order valence-electron chi connectivity index (χ3n) is 5.71. The van der Waals surface area contributed by atoms with Crippen molar-refractivity contribution in [1.29, 1.82) is 0 Å². The first-order chi connectivity index (χ1) is 16.9. The van der Waals surface area contributed by atoms with Gasteiger partial charge in [-0.1, -0.05) is 5.16 Å². The molecule has 0 radical (unpaired) electrons. The third-order valence-corrected chi connectivity index (χ3v) is 7.33. The van der Waals surface area contributed by atoms with Gasteiger partial charge in [-0.3, -0.25) is 14.1 Å². The Hall–Kier alpha value is -3.55. The van der Waals surface area contributed by atoms with Crippen LogP contribution in [0, 0.1) is 0 Å². The highest BCUT2D eigenvalue weighted by Gasteiger charge is 2.56. The van der Waals surface area contributed by atoms with Gasteiger partial charge < -0.3 is 36.4 Å². The summed E-state index contributed by atoms with van der Waals surface area (Å²) < 4.78 is 38.1. The number of rotatable bonds is 10. The lowest BCUT2D eigenvalue weighted by molar-refractivity contribution is -0.153. The number of β-lactam (4-membered cyclic amide) rings is 1. The molecule has 3 heterocycles. The topological polar surface area (TPSA) is 257 Å². The molecule has 19 heteroatoms. The summed E-state index contributed by atoms with van der Waals surface area (Å²) in [4.78, 5) is 59.1. The lowest BCUT2D eigenvalue weighted by atomic mass is 9.97. The quantitative estimate of drug-likeness (QED) is 0.0868. The van der Waals surface area contributed by atoms with Gasteiger partial charge in [0.05, 0.1) is 12.6 Å². The van der Waals surface area contributed by atoms with Crippen LogP contribution >= 0.6 is 11.3 Å². The van der Waals surface area contributed by atoms with Crippen molar-refractivity contribution < 1.29 is 46.8 Å². The van der Waals surface area contributed by atoms with Crippen molar-refractivity contribution in [3.63, 3.8) is 0 Å². The molecule has 17 nitrogen and oxygen atoms in total. The van der Waals surface area contributed by atoms with E-state index < -0.39 is 70.2 Å². The Labute approximate surface area is 206 Å². The molecular formula is C17H21N7O10S2. The van der Waals surface area contributed by atoms with Crippen molar-refractivity contribution in [3.05, 3.63) is 11.1 Å². The van der Waals surface area contributed by atoms with E-state index in [4.69, 9.17) is 21.0 Å². The normalized spacial score (nSPS) is 25.3. The number of ether oxygens (including phenoxy) is 1. The fourth-order valence-electron chi connectivity index (χ4n) is 3.61. The minimum Gasteiger partial charge on any atom is -0.478 e. The molecule has 7 N–H and O–H groups in total. The number of cyclic esters (lactones) is 1. The molecule has 0 spiro atoms. The molecule has 3 amide bonds. The van der Waals surface area contributed by atoms with Gasteiger partial charge in [0.1, 0.15) is 17.8 Å². The highest BCUT2D eigenvalue weighted by atomic mass is 32.2. The molecule has 1 aliphatic carbocycles. The van der Waals surface area contributed by atoms with Gasteiger partial charge in [0.2, 0.25) is 5.60 Å². The van der Waals surface area contributed by atoms with Crippen LogP contribution in [0.25, 0.3) is 0 Å². The summed E-state index contributed by atoms with van der Waals surface area (Å²) in [6.45, 7) is -0.418. The lowest BCUT2D eigenvalue weighted by Gasteiger charge is -2.45. The van der Waals surface area contributed by atoms with Crippen molar-refractivity contribution in [3.8, 4) is 0 Å². The number of carboxylic acids is 1. The van der Waals surface area contributed by atoms with Crippen LogP contribution in [0.4, 0.5) is 9.93 Å². The number of nitrogen functional groups attached to an aromatic ring is 1. The molecule has 0 aromatic carbocycles. The molecule has 196 valence electrons. The molecule has 2 saturated heterocycles. The van der Waals surface area contributed by atoms with Gasteiger partial charge in [-0.15, -0.1) is 11.3 Å². The maximum atomic E-state index is 13.1. The number of aliphatic carboxylic acids is 1. The Morgan fingerprint density at radius 2 is 2.08 bits per heavy atom. The van der Waals surface area contributed by atoms with E-state index in [-0.39, 0.29) is 41.1 Å². The monoisotopic (exact) mass is 547 g/mol. The fourth-order valence-corrected chi connectivity index (χ4v) is 5.03. The summed E-state index contributed by atoms with van der Waals surface area (Å²) in [5, 5.41) is 16.6. The third kappa shape index (κ3) is 4.76. The minimum absolute atomic E-state index is 0.00243. The van der Waals surface area contributed by atoms with E-state index in [9.17, 15) is 37.3 Å². The van der Waals surface area contributed by atoms with Crippen LogP contribution in [0.1, 0.15) is 18.5 Å². The zero-order valence-corrected chi connectivity index (χ0v) is 19.9. The number of nitrogens with zero attached hydrogens (tertiary/aromatic N) is 4. The van der Waals surface area contributed by atoms with Crippen LogP contribution in [-0.2, 0) is 34.3 Å². The maximum absolute atomic E-state index is 13.1. The minimum atomic E-state index is -5.03. The predicted octanol–water partition coefficient (Wildman–Crippen LogP) is -2.66. The number of aromatic nitrogens is 1. The maximum Gasteiger partial charge on any atom is 0.410 e. The second-order valence-corrected chi connectivity index (χ2v) is 10.4. The second-order valence-electron chi connectivity index (χ2n) is 8.18. The zero-order valence-electron chi connectivity index (χ0n) is 18.3. The van der Waals surface area contributed by atoms with Crippen molar-refractivity contribution in [1.82, 2.24) is 19.5 Å². The highest BCUT2D eigenvalue weighted by molar-refractivity contribution is 7.84. The predicted molar refractivity (Wildman–Crippen MR) is 119 cm³/mol. The first-order valence-electron chi connectivity index (χ1n) is 10.3. The van der Waals surface area contributed by atoms with Crippen LogP contribution in [-0.4, -0.2) is 105 Å². The smallest absolute Gasteiger partial charge is 0.410 e. The van der Waals surface area contributed by atoms with E-state index in [0.717, 1.165) is 16.2 Å². The van der Waals surface area contributed by atoms with Crippen molar-refractivity contribution in [2.45, 2.75) is 36.6 Å². The summed E-state index contributed by atoms with van der Waals surface area (Å²) >= 11 is 0.951. The molecule has 1 saturated carbocycles. The summed E-state index contributed by atoms with van der Waals surface area (Å²) in [5.41, 5.74) is 8.89. The Bertz CT molecular complexity index is 1240. The van der Waals surface area contributed by atoms with Crippen LogP contribution in [0.2, 0.25) is 0 Å². The molecule has 3 fully saturated rings. The van der Waals surface area contributed by atoms with Crippen LogP contribution < -0.4 is 16.8 Å². The van der Waals surface area contributed by atoms with Gasteiger partial charge >= 0.3 is 22.4 Å². The van der Waals surface area contributed by atoms with E-state index in [1.807, 2.05) is 0 Å². The van der Waals surface area contributed by atoms with Gasteiger partial charge in [0, 0.05) is 31.3 Å². The van der Waals surface area contributed by atoms with Crippen molar-refractivity contribution in [2.75, 3.05) is 25.4 Å². The standard InChI is InChI=1S/C17H21N7O10S2/c18-3-7-4-23(16(29)33-7)5-9-11(13(26)24(9)36(30,31)32)21-12(25)10(8-6-35-15(19)20-8)22-34-17(1-2-17)14(27)28/h6-7,9,11H,1-5,18H2,(H2,19,20)(H,21,25)(H,27,28)(H,30,31,32)/b22-10+/t7-,9-,11+/m1/s1. The second kappa shape index (κ2) is 9.15. The number of hydrogen-bond donors (Lipinski definition) is 5. The van der Waals surface area contributed by atoms with Crippen LogP contribution in [0.15, 0.2) is 10.5 Å². The fraction of sp³-hybridized carbons (Fsp3) is 0.529. The summed E-state index contributed by atoms with van der Waals surface area (Å²) in [6, 6.07) is -2.91. The molecule has 1 aromatic rings. The number of carbonyl (C=O) groups is 4. The average Bonchev–Trinajstić information content (AvgIpc) is 3.34. The molecular weight excluding hydrogens is 526 g/mol. The average molecular weight is 548 g/mol. The van der Waals surface area contributed by atoms with E-state index in [1.54, 1.807) is 0 Å². The van der Waals surface area contributed by atoms with Crippen molar-refractivity contribution in [2.24, 2.45) is 10.9 Å². The van der Waals surface area contributed by atoms with Gasteiger partial charge in [-0.25, -0.2) is 18.9 Å². The first kappa shape index (κ1) is 25.5. The number of thiazole rings is 1. The number of carboxylic acid groups (broad SMARTS) is 1. The molecule has 36 heavy (non-hydrogen) atoms. The molecule has 4 rings (SSSR count). The number of hydrogen-bond acceptors (Lipinski definition) is 13. The molecule has 3 aliphatic rings. The Morgan fingerprint density at radius 1 is 1.39 bits per heavy atom. The van der Waals surface area contributed by atoms with E-state index in [0.29, 0.717) is 0 Å². The van der Waals surface area contributed by atoms with Gasteiger partial charge in [0.15, 0.2) is 10.8 Å². The zero-order chi connectivity index (χ0) is 26.4. The number of oxime groups is 1. The molecule has 0 unspecified atom stereocenters. The molecule has 3 atom stereocenters. The Morgan fingerprint density at radius 3 is 2.58 bits per heavy atom. The Kier molecular flexibility index (Phi) is 6.49. The molecule has 0 bridgehead atoms. The number of nitrogens with one attached hydrogen (secondary N) is 1. The van der Waals surface area contributed by atoms with E-state index in [2.05, 4.69) is 15.5 Å². The molecule has 1 aromatic heterocycles. The SMILES string of the molecule is NC[C@@H]1CN(C[C@@H]2[C@H](NC(=O)/C(=N/OC3(C(=O)O)CC3)c3csc(N)n3)C(=O)N2S(=O)(=O)O)C(=O)O1. The van der Waals surface area contributed by atoms with Crippen LogP contribution in [0.3, 0.4) is 0 Å². The number of amides is 3. The number of carbonyl (C=O) groups excluding carboxylic acids is 3. The summed E-state index contributed by atoms with van der Waals surface area (Å²) in [6.07, 6.45) is -1.16.